The first-order chi connectivity index (χ1) is 11.2. The second-order valence-electron chi connectivity index (χ2n) is 6.85. The monoisotopic (exact) mass is 324 g/mol. The van der Waals surface area contributed by atoms with Gasteiger partial charge in [-0.2, -0.15) is 0 Å². The van der Waals surface area contributed by atoms with Gasteiger partial charge in [0.2, 0.25) is 11.8 Å². The normalized spacial score (nSPS) is 20.4. The van der Waals surface area contributed by atoms with Crippen molar-refractivity contribution in [1.82, 2.24) is 10.6 Å². The second kappa shape index (κ2) is 12.4. The van der Waals surface area contributed by atoms with E-state index in [0.717, 1.165) is 45.2 Å². The highest BCUT2D eigenvalue weighted by Gasteiger charge is 2.37. The van der Waals surface area contributed by atoms with Gasteiger partial charge in [-0.3, -0.25) is 9.59 Å². The van der Waals surface area contributed by atoms with Gasteiger partial charge >= 0.3 is 0 Å². The zero-order valence-electron chi connectivity index (χ0n) is 15.2. The smallest absolute Gasteiger partial charge is 0.223 e. The van der Waals surface area contributed by atoms with Gasteiger partial charge in [0.1, 0.15) is 0 Å². The number of nitrogens with one attached hydrogen (secondary N) is 2. The topological polar surface area (TPSA) is 58.2 Å². The van der Waals surface area contributed by atoms with Crippen molar-refractivity contribution in [1.29, 1.82) is 0 Å². The van der Waals surface area contributed by atoms with Gasteiger partial charge in [-0.25, -0.2) is 0 Å². The molecule has 134 valence electrons. The lowest BCUT2D eigenvalue weighted by molar-refractivity contribution is -0.133. The van der Waals surface area contributed by atoms with E-state index in [1.807, 2.05) is 0 Å². The summed E-state index contributed by atoms with van der Waals surface area (Å²) < 4.78 is 0. The predicted molar refractivity (Wildman–Crippen MR) is 95.1 cm³/mol. The first-order valence-corrected chi connectivity index (χ1v) is 9.76. The molecule has 0 spiro atoms. The first-order valence-electron chi connectivity index (χ1n) is 9.76. The molecule has 2 atom stereocenters. The number of rotatable bonds is 12. The molecule has 1 rings (SSSR count). The molecular formula is C19H36N2O2. The number of carbonyl (C=O) groups is 2. The zero-order valence-corrected chi connectivity index (χ0v) is 15.2. The Morgan fingerprint density at radius 1 is 0.739 bits per heavy atom. The summed E-state index contributed by atoms with van der Waals surface area (Å²) in [5, 5.41) is 6.07. The lowest BCUT2D eigenvalue weighted by Gasteiger charge is -2.19. The molecule has 0 heterocycles. The maximum absolute atomic E-state index is 12.3. The molecule has 0 aromatic carbocycles. The van der Waals surface area contributed by atoms with Crippen molar-refractivity contribution in [2.45, 2.75) is 84.5 Å². The summed E-state index contributed by atoms with van der Waals surface area (Å²) in [5.41, 5.74) is 0. The van der Waals surface area contributed by atoms with Crippen LogP contribution in [0.15, 0.2) is 0 Å². The van der Waals surface area contributed by atoms with Crippen LogP contribution in [0.5, 0.6) is 0 Å². The average molecular weight is 325 g/mol. The highest BCUT2D eigenvalue weighted by atomic mass is 16.2. The first kappa shape index (κ1) is 20.0. The lowest BCUT2D eigenvalue weighted by Crippen LogP contribution is -2.40. The number of unbranched alkanes of at least 4 members (excludes halogenated alkanes) is 6. The maximum atomic E-state index is 12.3. The minimum Gasteiger partial charge on any atom is -0.356 e. The molecule has 1 aliphatic rings. The second-order valence-corrected chi connectivity index (χ2v) is 6.85. The van der Waals surface area contributed by atoms with Crippen LogP contribution in [0.2, 0.25) is 0 Å². The van der Waals surface area contributed by atoms with Crippen LogP contribution in [0.4, 0.5) is 0 Å². The van der Waals surface area contributed by atoms with E-state index >= 15 is 0 Å². The van der Waals surface area contributed by atoms with E-state index in [-0.39, 0.29) is 23.7 Å². The van der Waals surface area contributed by atoms with Gasteiger partial charge in [-0.05, 0) is 25.7 Å². The minimum atomic E-state index is -0.114. The fourth-order valence-corrected chi connectivity index (χ4v) is 3.38. The van der Waals surface area contributed by atoms with E-state index in [1.165, 1.54) is 38.5 Å². The summed E-state index contributed by atoms with van der Waals surface area (Å²) in [5.74, 6) is -0.0519. The van der Waals surface area contributed by atoms with Crippen molar-refractivity contribution >= 4 is 11.8 Å². The summed E-state index contributed by atoms with van der Waals surface area (Å²) >= 11 is 0. The van der Waals surface area contributed by atoms with Crippen LogP contribution < -0.4 is 10.6 Å². The van der Waals surface area contributed by atoms with E-state index in [9.17, 15) is 9.59 Å². The van der Waals surface area contributed by atoms with Gasteiger partial charge in [0.05, 0.1) is 0 Å². The van der Waals surface area contributed by atoms with Crippen LogP contribution in [0.3, 0.4) is 0 Å². The molecule has 0 aromatic heterocycles. The number of hydrogen-bond acceptors (Lipinski definition) is 2. The molecule has 1 aliphatic carbocycles. The standard InChI is InChI=1S/C19H36N2O2/c1-3-5-7-9-14-20-18(22)16-12-11-13-17(16)19(23)21-15-10-8-6-4-2/h16-17H,3-15H2,1-2H3,(H,20,22)(H,21,23)/t16-,17-/m1/s1. The molecule has 0 aliphatic heterocycles. The number of amides is 2. The van der Waals surface area contributed by atoms with Crippen molar-refractivity contribution in [2.24, 2.45) is 11.8 Å². The molecule has 1 fully saturated rings. The van der Waals surface area contributed by atoms with E-state index in [2.05, 4.69) is 24.5 Å². The molecule has 0 aromatic rings. The molecule has 0 bridgehead atoms. The average Bonchev–Trinajstić information content (AvgIpc) is 3.04. The Labute approximate surface area is 142 Å². The van der Waals surface area contributed by atoms with Crippen molar-refractivity contribution in [3.8, 4) is 0 Å². The highest BCUT2D eigenvalue weighted by Crippen LogP contribution is 2.32. The zero-order chi connectivity index (χ0) is 16.9. The van der Waals surface area contributed by atoms with Crippen molar-refractivity contribution in [3.05, 3.63) is 0 Å². The Kier molecular flexibility index (Phi) is 10.8. The fraction of sp³-hybridized carbons (Fsp3) is 0.895. The fourth-order valence-electron chi connectivity index (χ4n) is 3.38. The van der Waals surface area contributed by atoms with Gasteiger partial charge in [-0.1, -0.05) is 58.8 Å². The molecule has 23 heavy (non-hydrogen) atoms. The van der Waals surface area contributed by atoms with Crippen molar-refractivity contribution in [2.75, 3.05) is 13.1 Å². The van der Waals surface area contributed by atoms with Crippen LogP contribution >= 0.6 is 0 Å². The van der Waals surface area contributed by atoms with Crippen LogP contribution in [0, 0.1) is 11.8 Å². The van der Waals surface area contributed by atoms with E-state index in [0.29, 0.717) is 0 Å². The van der Waals surface area contributed by atoms with Gasteiger partial charge < -0.3 is 10.6 Å². The number of hydrogen-bond donors (Lipinski definition) is 2. The third-order valence-corrected chi connectivity index (χ3v) is 4.85. The van der Waals surface area contributed by atoms with Crippen molar-refractivity contribution < 1.29 is 9.59 Å². The lowest BCUT2D eigenvalue weighted by atomic mass is 9.94. The molecule has 2 N–H and O–H groups in total. The molecule has 0 radical (unpaired) electrons. The Hall–Kier alpha value is -1.06. The Morgan fingerprint density at radius 2 is 1.17 bits per heavy atom. The van der Waals surface area contributed by atoms with Crippen LogP contribution in [-0.4, -0.2) is 24.9 Å². The van der Waals surface area contributed by atoms with Crippen LogP contribution in [0.1, 0.15) is 84.5 Å². The Morgan fingerprint density at radius 3 is 1.57 bits per heavy atom. The SMILES string of the molecule is CCCCCCNC(=O)[C@@H]1CCC[C@H]1C(=O)NCCCCCC. The van der Waals surface area contributed by atoms with Gasteiger partial charge in [0, 0.05) is 24.9 Å². The third-order valence-electron chi connectivity index (χ3n) is 4.85. The van der Waals surface area contributed by atoms with E-state index in [4.69, 9.17) is 0 Å². The molecule has 1 saturated carbocycles. The molecule has 0 saturated heterocycles. The van der Waals surface area contributed by atoms with Crippen LogP contribution in [0.25, 0.3) is 0 Å². The molecular weight excluding hydrogens is 288 g/mol. The predicted octanol–water partition coefficient (Wildman–Crippen LogP) is 3.80. The van der Waals surface area contributed by atoms with Gasteiger partial charge in [-0.15, -0.1) is 0 Å². The summed E-state index contributed by atoms with van der Waals surface area (Å²) in [6.07, 6.45) is 12.0. The number of carbonyl (C=O) groups excluding carboxylic acids is 2. The Bertz CT molecular complexity index is 312. The van der Waals surface area contributed by atoms with Crippen molar-refractivity contribution in [3.63, 3.8) is 0 Å². The molecule has 4 nitrogen and oxygen atoms in total. The summed E-state index contributed by atoms with van der Waals surface area (Å²) in [7, 11) is 0. The largest absolute Gasteiger partial charge is 0.356 e. The highest BCUT2D eigenvalue weighted by molar-refractivity contribution is 5.88. The summed E-state index contributed by atoms with van der Waals surface area (Å²) in [6.45, 7) is 5.87. The van der Waals surface area contributed by atoms with Gasteiger partial charge in [0.15, 0.2) is 0 Å². The molecule has 2 amide bonds. The van der Waals surface area contributed by atoms with Crippen LogP contribution in [-0.2, 0) is 9.59 Å². The minimum absolute atomic E-state index is 0.0881. The quantitative estimate of drug-likeness (QED) is 0.537. The molecule has 4 heteroatoms. The molecule has 0 unspecified atom stereocenters. The third kappa shape index (κ3) is 7.85. The van der Waals surface area contributed by atoms with Gasteiger partial charge in [0.25, 0.3) is 0 Å². The summed E-state index contributed by atoms with van der Waals surface area (Å²) in [4.78, 5) is 24.6. The van der Waals surface area contributed by atoms with E-state index in [1.54, 1.807) is 0 Å². The Balaban J connectivity index is 2.25. The van der Waals surface area contributed by atoms with E-state index < -0.39 is 0 Å². The maximum Gasteiger partial charge on any atom is 0.223 e. The summed E-state index contributed by atoms with van der Waals surface area (Å²) in [6, 6.07) is 0.